The minimum absolute atomic E-state index is 0.0763. The molecule has 0 saturated carbocycles. The molecule has 1 aliphatic heterocycles. The normalized spacial score (nSPS) is 14.0. The Bertz CT molecular complexity index is 1360. The lowest BCUT2D eigenvalue weighted by molar-refractivity contribution is 0.0708. The monoisotopic (exact) mass is 561 g/mol. The van der Waals surface area contributed by atoms with E-state index in [9.17, 15) is 14.0 Å². The van der Waals surface area contributed by atoms with Gasteiger partial charge in [-0.2, -0.15) is 0 Å². The molecule has 2 heterocycles. The fraction of sp³-hybridized carbons (Fsp3) is 0.258. The fourth-order valence-electron chi connectivity index (χ4n) is 5.09. The van der Waals surface area contributed by atoms with Gasteiger partial charge < -0.3 is 10.2 Å². The first-order chi connectivity index (χ1) is 19.0. The van der Waals surface area contributed by atoms with Crippen molar-refractivity contribution in [2.45, 2.75) is 31.1 Å². The molecule has 1 fully saturated rings. The second-order valence-corrected chi connectivity index (χ2v) is 10.9. The molecule has 39 heavy (non-hydrogen) atoms. The number of carbonyl (C=O) groups excluding carboxylic acids is 2. The molecular weight excluding hydrogens is 533 g/mol. The predicted molar refractivity (Wildman–Crippen MR) is 153 cm³/mol. The van der Waals surface area contributed by atoms with Crippen molar-refractivity contribution >= 4 is 34.8 Å². The molecule has 0 radical (unpaired) electrons. The van der Waals surface area contributed by atoms with Gasteiger partial charge in [-0.15, -0.1) is 11.3 Å². The molecule has 2 amide bonds. The van der Waals surface area contributed by atoms with E-state index in [1.165, 1.54) is 40.7 Å². The topological polar surface area (TPSA) is 62.3 Å². The molecule has 1 aliphatic rings. The Hall–Kier alpha value is -3.55. The fourth-order valence-corrected chi connectivity index (χ4v) is 6.30. The number of hydrogen-bond acceptors (Lipinski definition) is 4. The Morgan fingerprint density at radius 3 is 2.23 bits per heavy atom. The minimum atomic E-state index is -0.607. The lowest BCUT2D eigenvalue weighted by Crippen LogP contribution is -2.38. The van der Waals surface area contributed by atoms with E-state index in [0.29, 0.717) is 38.2 Å². The van der Waals surface area contributed by atoms with Crippen LogP contribution in [0, 0.1) is 5.82 Å². The predicted octanol–water partition coefficient (Wildman–Crippen LogP) is 6.91. The number of rotatable bonds is 8. The maximum Gasteiger partial charge on any atom is 0.270 e. The highest BCUT2D eigenvalue weighted by Gasteiger charge is 2.29. The minimum Gasteiger partial charge on any atom is -0.351 e. The van der Waals surface area contributed by atoms with Gasteiger partial charge in [0.15, 0.2) is 0 Å². The van der Waals surface area contributed by atoms with E-state index >= 15 is 0 Å². The second-order valence-electron chi connectivity index (χ2n) is 9.65. The lowest BCUT2D eigenvalue weighted by atomic mass is 9.88. The molecule has 0 atom stereocenters. The number of likely N-dealkylation sites (tertiary alicyclic amines) is 1. The van der Waals surface area contributed by atoms with Crippen LogP contribution in [0.3, 0.4) is 0 Å². The van der Waals surface area contributed by atoms with Crippen LogP contribution in [0.15, 0.2) is 84.2 Å². The van der Waals surface area contributed by atoms with E-state index in [1.54, 1.807) is 10.3 Å². The van der Waals surface area contributed by atoms with Gasteiger partial charge in [0.2, 0.25) is 0 Å². The highest BCUT2D eigenvalue weighted by atomic mass is 35.5. The van der Waals surface area contributed by atoms with Crippen LogP contribution in [0.2, 0.25) is 5.02 Å². The Morgan fingerprint density at radius 1 is 0.974 bits per heavy atom. The number of thiazole rings is 1. The van der Waals surface area contributed by atoms with Gasteiger partial charge in [0.05, 0.1) is 15.6 Å². The third kappa shape index (κ3) is 6.37. The smallest absolute Gasteiger partial charge is 0.270 e. The van der Waals surface area contributed by atoms with Gasteiger partial charge in [0, 0.05) is 36.9 Å². The zero-order valence-corrected chi connectivity index (χ0v) is 22.9. The molecule has 4 aromatic rings. The summed E-state index contributed by atoms with van der Waals surface area (Å²) in [4.78, 5) is 32.0. The van der Waals surface area contributed by atoms with Crippen LogP contribution >= 0.6 is 22.9 Å². The first-order valence-corrected chi connectivity index (χ1v) is 14.3. The molecule has 0 unspecified atom stereocenters. The Balaban J connectivity index is 1.15. The van der Waals surface area contributed by atoms with Crippen LogP contribution in [0.25, 0.3) is 0 Å². The number of amides is 2. The third-order valence-corrected chi connectivity index (χ3v) is 8.51. The van der Waals surface area contributed by atoms with Gasteiger partial charge >= 0.3 is 0 Å². The quantitative estimate of drug-likeness (QED) is 0.254. The van der Waals surface area contributed by atoms with E-state index in [4.69, 9.17) is 11.6 Å². The number of nitrogens with zero attached hydrogens (tertiary/aromatic N) is 2. The number of nitrogens with one attached hydrogen (secondary N) is 1. The van der Waals surface area contributed by atoms with Gasteiger partial charge in [-0.1, -0.05) is 78.3 Å². The van der Waals surface area contributed by atoms with E-state index in [0.717, 1.165) is 11.4 Å². The van der Waals surface area contributed by atoms with Crippen LogP contribution in [0.5, 0.6) is 0 Å². The van der Waals surface area contributed by atoms with Crippen LogP contribution < -0.4 is 5.32 Å². The maximum absolute atomic E-state index is 14.2. The molecule has 0 bridgehead atoms. The number of halogens is 2. The zero-order chi connectivity index (χ0) is 27.2. The summed E-state index contributed by atoms with van der Waals surface area (Å²) >= 11 is 7.55. The molecule has 0 spiro atoms. The summed E-state index contributed by atoms with van der Waals surface area (Å²) in [5, 5.41) is 5.85. The SMILES string of the molecule is O=C(NCCC(c1ccccc1)c1ccccc1)c1csc(C2CCN(C(=O)c3c(F)cccc3Cl)CC2)n1. The Morgan fingerprint density at radius 2 is 1.62 bits per heavy atom. The highest BCUT2D eigenvalue weighted by Crippen LogP contribution is 2.32. The van der Waals surface area contributed by atoms with Crippen LogP contribution in [-0.2, 0) is 0 Å². The molecule has 1 N–H and O–H groups in total. The van der Waals surface area contributed by atoms with Crippen LogP contribution in [-0.4, -0.2) is 41.3 Å². The van der Waals surface area contributed by atoms with Gasteiger partial charge in [-0.25, -0.2) is 9.37 Å². The molecule has 3 aromatic carbocycles. The summed E-state index contributed by atoms with van der Waals surface area (Å²) < 4.78 is 14.2. The van der Waals surface area contributed by atoms with Crippen LogP contribution in [0.4, 0.5) is 4.39 Å². The first kappa shape index (κ1) is 27.0. The summed E-state index contributed by atoms with van der Waals surface area (Å²) in [7, 11) is 0. The number of carbonyl (C=O) groups is 2. The van der Waals surface area contributed by atoms with E-state index in [1.807, 2.05) is 36.4 Å². The zero-order valence-electron chi connectivity index (χ0n) is 21.4. The van der Waals surface area contributed by atoms with Crippen molar-refractivity contribution in [2.75, 3.05) is 19.6 Å². The largest absolute Gasteiger partial charge is 0.351 e. The summed E-state index contributed by atoms with van der Waals surface area (Å²) in [6, 6.07) is 24.9. The summed E-state index contributed by atoms with van der Waals surface area (Å²) in [5.74, 6) is -0.841. The van der Waals surface area contributed by atoms with Crippen LogP contribution in [0.1, 0.15) is 68.1 Å². The maximum atomic E-state index is 14.2. The van der Waals surface area contributed by atoms with E-state index in [2.05, 4.69) is 34.6 Å². The van der Waals surface area contributed by atoms with Crippen molar-refractivity contribution in [3.8, 4) is 0 Å². The van der Waals surface area contributed by atoms with Gasteiger partial charge in [0.25, 0.3) is 11.8 Å². The van der Waals surface area contributed by atoms with Crippen molar-refractivity contribution in [1.29, 1.82) is 0 Å². The van der Waals surface area contributed by atoms with Gasteiger partial charge in [-0.3, -0.25) is 9.59 Å². The Kier molecular flexibility index (Phi) is 8.69. The molecule has 5 rings (SSSR count). The number of piperidine rings is 1. The molecule has 200 valence electrons. The van der Waals surface area contributed by atoms with E-state index in [-0.39, 0.29) is 34.2 Å². The van der Waals surface area contributed by atoms with Crippen molar-refractivity contribution in [3.63, 3.8) is 0 Å². The average molecular weight is 562 g/mol. The summed E-state index contributed by atoms with van der Waals surface area (Å²) in [5.41, 5.74) is 2.78. The van der Waals surface area contributed by atoms with Crippen molar-refractivity contribution in [3.05, 3.63) is 122 Å². The standard InChI is InChI=1S/C31H29ClFN3O2S/c32-25-12-7-13-26(33)28(25)31(38)36-18-15-23(16-19-36)30-35-27(20-39-30)29(37)34-17-14-24(21-8-3-1-4-9-21)22-10-5-2-6-11-22/h1-13,20,23-24H,14-19H2,(H,34,37). The average Bonchev–Trinajstić information content (AvgIpc) is 3.47. The van der Waals surface area contributed by atoms with Gasteiger partial charge in [-0.05, 0) is 42.5 Å². The molecule has 1 aromatic heterocycles. The molecule has 0 aliphatic carbocycles. The highest BCUT2D eigenvalue weighted by molar-refractivity contribution is 7.09. The van der Waals surface area contributed by atoms with Crippen molar-refractivity contribution in [2.24, 2.45) is 0 Å². The Labute approximate surface area is 236 Å². The molecular formula is C31H29ClFN3O2S. The van der Waals surface area contributed by atoms with E-state index < -0.39 is 5.82 Å². The molecule has 5 nitrogen and oxygen atoms in total. The summed E-state index contributed by atoms with van der Waals surface area (Å²) in [6.45, 7) is 1.49. The molecule has 1 saturated heterocycles. The lowest BCUT2D eigenvalue weighted by Gasteiger charge is -2.31. The third-order valence-electron chi connectivity index (χ3n) is 7.19. The second kappa shape index (κ2) is 12.5. The number of benzene rings is 3. The van der Waals surface area contributed by atoms with Gasteiger partial charge in [0.1, 0.15) is 11.5 Å². The summed E-state index contributed by atoms with van der Waals surface area (Å²) in [6.07, 6.45) is 2.17. The van der Waals surface area contributed by atoms with Crippen molar-refractivity contribution < 1.29 is 14.0 Å². The first-order valence-electron chi connectivity index (χ1n) is 13.1. The molecule has 8 heteroatoms. The number of hydrogen-bond donors (Lipinski definition) is 1. The number of aromatic nitrogens is 1. The van der Waals surface area contributed by atoms with Crippen molar-refractivity contribution in [1.82, 2.24) is 15.2 Å².